The van der Waals surface area contributed by atoms with E-state index < -0.39 is 37.6 Å². The number of hydrogen-bond acceptors (Lipinski definition) is 9. The van der Waals surface area contributed by atoms with Crippen molar-refractivity contribution >= 4 is 17.1 Å². The molecule has 32 heavy (non-hydrogen) atoms. The van der Waals surface area contributed by atoms with Crippen LogP contribution in [0.1, 0.15) is 38.5 Å². The van der Waals surface area contributed by atoms with Crippen molar-refractivity contribution in [2.24, 2.45) is 0 Å². The van der Waals surface area contributed by atoms with Gasteiger partial charge < -0.3 is 10.0 Å². The molecule has 0 amide bonds. The van der Waals surface area contributed by atoms with Crippen LogP contribution in [0.5, 0.6) is 5.75 Å². The van der Waals surface area contributed by atoms with Crippen molar-refractivity contribution in [3.63, 3.8) is 0 Å². The van der Waals surface area contributed by atoms with Crippen molar-refractivity contribution in [1.29, 1.82) is 0 Å². The van der Waals surface area contributed by atoms with Crippen molar-refractivity contribution in [3.05, 3.63) is 42.5 Å². The highest BCUT2D eigenvalue weighted by Crippen LogP contribution is 2.38. The molecule has 1 aromatic rings. The zero-order valence-corrected chi connectivity index (χ0v) is 17.7. The number of benzene rings is 1. The molecule has 1 N–H and O–H groups in total. The van der Waals surface area contributed by atoms with E-state index in [9.17, 15) is 30.3 Å². The van der Waals surface area contributed by atoms with E-state index in [4.69, 9.17) is 11.5 Å². The highest BCUT2D eigenvalue weighted by molar-refractivity contribution is 5.64. The minimum atomic E-state index is -1.21. The van der Waals surface area contributed by atoms with Gasteiger partial charge in [-0.15, -0.1) is 6.42 Å². The number of likely N-dealkylation sites (tertiary alicyclic amines) is 2. The normalized spacial score (nSPS) is 18.0. The smallest absolute Gasteiger partial charge is 0.324 e. The number of piperidine rings is 2. The van der Waals surface area contributed by atoms with Gasteiger partial charge in [0, 0.05) is 6.54 Å². The Morgan fingerprint density at radius 3 is 1.75 bits per heavy atom. The number of terminal acetylenes is 1. The van der Waals surface area contributed by atoms with Crippen LogP contribution in [0.4, 0.5) is 17.1 Å². The molecule has 0 aromatic heterocycles. The first kappa shape index (κ1) is 25.0. The van der Waals surface area contributed by atoms with Gasteiger partial charge in [0.2, 0.25) is 0 Å². The molecule has 174 valence electrons. The Morgan fingerprint density at radius 2 is 1.34 bits per heavy atom. The van der Waals surface area contributed by atoms with Crippen LogP contribution in [0.3, 0.4) is 0 Å². The fourth-order valence-corrected chi connectivity index (χ4v) is 3.86. The van der Waals surface area contributed by atoms with Gasteiger partial charge >= 0.3 is 11.4 Å². The molecule has 0 spiro atoms. The van der Waals surface area contributed by atoms with Crippen LogP contribution in [-0.2, 0) is 0 Å². The molecular formula is C20H27N5O7. The van der Waals surface area contributed by atoms with Crippen molar-refractivity contribution in [3.8, 4) is 18.1 Å². The molecule has 0 radical (unpaired) electrons. The second-order valence-electron chi connectivity index (χ2n) is 7.74. The highest BCUT2D eigenvalue weighted by atomic mass is 16.6. The number of aromatic hydroxyl groups is 1. The van der Waals surface area contributed by atoms with E-state index in [-0.39, 0.29) is 0 Å². The van der Waals surface area contributed by atoms with Crippen LogP contribution in [0.2, 0.25) is 0 Å². The van der Waals surface area contributed by atoms with Crippen molar-refractivity contribution in [2.75, 3.05) is 32.7 Å². The number of nitro groups is 3. The zero-order valence-electron chi connectivity index (χ0n) is 17.7. The molecule has 2 aliphatic heterocycles. The Bertz CT molecular complexity index is 839. The molecular weight excluding hydrogens is 422 g/mol. The average Bonchev–Trinajstić information content (AvgIpc) is 2.78. The second-order valence-corrected chi connectivity index (χ2v) is 7.74. The highest BCUT2D eigenvalue weighted by Gasteiger charge is 2.30. The predicted molar refractivity (Wildman–Crippen MR) is 116 cm³/mol. The van der Waals surface area contributed by atoms with E-state index >= 15 is 0 Å². The van der Waals surface area contributed by atoms with Gasteiger partial charge in [-0.25, -0.2) is 0 Å². The van der Waals surface area contributed by atoms with E-state index in [0.717, 1.165) is 6.54 Å². The number of nitrogens with zero attached hydrogens (tertiary/aromatic N) is 5. The molecule has 1 aromatic carbocycles. The summed E-state index contributed by atoms with van der Waals surface area (Å²) in [5.74, 6) is 1.80. The molecule has 12 heteroatoms. The fourth-order valence-electron chi connectivity index (χ4n) is 3.86. The standard InChI is InChI=1S/C14H24N2.C6H3N3O7/c1-2-14(16-11-7-4-8-12-16)13-15-9-5-3-6-10-15;10-6-4(8(13)14)1-3(7(11)12)2-5(6)9(15)16/h1,14H,3-13H2;1-2,10H. The molecule has 1 unspecified atom stereocenters. The van der Waals surface area contributed by atoms with Gasteiger partial charge in [-0.2, -0.15) is 0 Å². The summed E-state index contributed by atoms with van der Waals surface area (Å²) in [6.45, 7) is 6.03. The van der Waals surface area contributed by atoms with Crippen molar-refractivity contribution < 1.29 is 19.9 Å². The Labute approximate surface area is 185 Å². The third-order valence-electron chi connectivity index (χ3n) is 5.56. The van der Waals surface area contributed by atoms with Crippen LogP contribution in [0.25, 0.3) is 0 Å². The van der Waals surface area contributed by atoms with E-state index in [1.165, 1.54) is 64.7 Å². The number of rotatable bonds is 6. The number of phenols is 1. The Morgan fingerprint density at radius 1 is 0.875 bits per heavy atom. The lowest BCUT2D eigenvalue weighted by molar-refractivity contribution is -0.404. The van der Waals surface area contributed by atoms with Gasteiger partial charge in [0.15, 0.2) is 0 Å². The lowest BCUT2D eigenvalue weighted by atomic mass is 10.1. The van der Waals surface area contributed by atoms with E-state index in [1.807, 2.05) is 0 Å². The van der Waals surface area contributed by atoms with E-state index in [0.29, 0.717) is 18.2 Å². The Kier molecular flexibility index (Phi) is 9.30. The number of non-ortho nitro benzene ring substituents is 1. The van der Waals surface area contributed by atoms with Gasteiger partial charge in [-0.1, -0.05) is 18.8 Å². The zero-order chi connectivity index (χ0) is 23.7. The largest absolute Gasteiger partial charge is 0.497 e. The summed E-state index contributed by atoms with van der Waals surface area (Å²) in [6.07, 6.45) is 13.9. The van der Waals surface area contributed by atoms with Gasteiger partial charge in [0.25, 0.3) is 11.4 Å². The molecule has 2 heterocycles. The molecule has 12 nitrogen and oxygen atoms in total. The predicted octanol–water partition coefficient (Wildman–Crippen LogP) is 3.08. The molecule has 2 saturated heterocycles. The Balaban J connectivity index is 0.000000227. The fraction of sp³-hybridized carbons (Fsp3) is 0.600. The van der Waals surface area contributed by atoms with Crippen LogP contribution in [-0.4, -0.2) is 68.4 Å². The van der Waals surface area contributed by atoms with E-state index in [2.05, 4.69) is 15.7 Å². The summed E-state index contributed by atoms with van der Waals surface area (Å²) in [5, 5.41) is 40.2. The molecule has 0 saturated carbocycles. The summed E-state index contributed by atoms with van der Waals surface area (Å²) in [6, 6.07) is 1.25. The van der Waals surface area contributed by atoms with Gasteiger partial charge in [-0.3, -0.25) is 35.2 Å². The van der Waals surface area contributed by atoms with Crippen LogP contribution < -0.4 is 0 Å². The SMILES string of the molecule is C#CC(CN1CCCCC1)N1CCCCC1.O=[N+]([O-])c1cc([N+](=O)[O-])c(O)c([N+](=O)[O-])c1. The topological polar surface area (TPSA) is 156 Å². The minimum absolute atomic E-state index is 0.360. The van der Waals surface area contributed by atoms with Gasteiger partial charge in [0.1, 0.15) is 0 Å². The van der Waals surface area contributed by atoms with Crippen LogP contribution >= 0.6 is 0 Å². The summed E-state index contributed by atoms with van der Waals surface area (Å²) >= 11 is 0. The number of nitro benzene ring substituents is 3. The molecule has 0 bridgehead atoms. The van der Waals surface area contributed by atoms with Crippen molar-refractivity contribution in [1.82, 2.24) is 9.80 Å². The number of phenolic OH excluding ortho intramolecular Hbond substituents is 1. The average molecular weight is 449 g/mol. The minimum Gasteiger partial charge on any atom is -0.497 e. The first-order valence-corrected chi connectivity index (χ1v) is 10.5. The molecule has 2 fully saturated rings. The van der Waals surface area contributed by atoms with Crippen LogP contribution in [0.15, 0.2) is 12.1 Å². The van der Waals surface area contributed by atoms with Gasteiger partial charge in [-0.05, 0) is 51.9 Å². The summed E-state index contributed by atoms with van der Waals surface area (Å²) in [5.41, 5.74) is -3.00. The van der Waals surface area contributed by atoms with E-state index in [1.54, 1.807) is 0 Å². The summed E-state index contributed by atoms with van der Waals surface area (Å²) in [7, 11) is 0. The molecule has 1 atom stereocenters. The molecule has 0 aliphatic carbocycles. The quantitative estimate of drug-likeness (QED) is 0.391. The lowest BCUT2D eigenvalue weighted by Gasteiger charge is -2.36. The first-order valence-electron chi connectivity index (χ1n) is 10.5. The van der Waals surface area contributed by atoms with Crippen LogP contribution in [0, 0.1) is 42.7 Å². The second kappa shape index (κ2) is 11.9. The maximum absolute atomic E-state index is 10.4. The third-order valence-corrected chi connectivity index (χ3v) is 5.56. The lowest BCUT2D eigenvalue weighted by Crippen LogP contribution is -2.46. The Hall–Kier alpha value is -3.30. The molecule has 3 rings (SSSR count). The maximum atomic E-state index is 10.4. The third kappa shape index (κ3) is 6.86. The number of hydrogen-bond donors (Lipinski definition) is 1. The summed E-state index contributed by atoms with van der Waals surface area (Å²) < 4.78 is 0. The van der Waals surface area contributed by atoms with Crippen molar-refractivity contribution in [2.45, 2.75) is 44.6 Å². The maximum Gasteiger partial charge on any atom is 0.324 e. The monoisotopic (exact) mass is 449 g/mol. The molecule has 2 aliphatic rings. The first-order chi connectivity index (χ1) is 15.2. The summed E-state index contributed by atoms with van der Waals surface area (Å²) in [4.78, 5) is 32.8. The van der Waals surface area contributed by atoms with Gasteiger partial charge in [0.05, 0.1) is 32.9 Å².